The minimum absolute atomic E-state index is 0.129. The van der Waals surface area contributed by atoms with Gasteiger partial charge in [-0.1, -0.05) is 42.5 Å². The zero-order valence-corrected chi connectivity index (χ0v) is 16.8. The highest BCUT2D eigenvalue weighted by Gasteiger charge is 2.24. The predicted molar refractivity (Wildman–Crippen MR) is 113 cm³/mol. The molecule has 5 nitrogen and oxygen atoms in total. The van der Waals surface area contributed by atoms with Crippen LogP contribution in [0.25, 0.3) is 15.9 Å². The highest BCUT2D eigenvalue weighted by Crippen LogP contribution is 2.37. The molecule has 28 heavy (non-hydrogen) atoms. The van der Waals surface area contributed by atoms with Crippen LogP contribution in [0.15, 0.2) is 47.3 Å². The van der Waals surface area contributed by atoms with Crippen molar-refractivity contribution < 1.29 is 0 Å². The van der Waals surface area contributed by atoms with E-state index in [9.17, 15) is 4.79 Å². The molecule has 0 spiro atoms. The molecule has 3 heterocycles. The number of allylic oxidation sites excluding steroid dienone is 1. The van der Waals surface area contributed by atoms with Gasteiger partial charge in [0.05, 0.1) is 5.39 Å². The fourth-order valence-corrected chi connectivity index (χ4v) is 5.46. The van der Waals surface area contributed by atoms with Gasteiger partial charge in [-0.2, -0.15) is 4.52 Å². The molecule has 1 aliphatic carbocycles. The lowest BCUT2D eigenvalue weighted by atomic mass is 9.97. The fraction of sp³-hybridized carbons (Fsp3) is 0.318. The summed E-state index contributed by atoms with van der Waals surface area (Å²) in [7, 11) is 0. The summed E-state index contributed by atoms with van der Waals surface area (Å²) in [6.07, 6.45) is 5.17. The van der Waals surface area contributed by atoms with Crippen molar-refractivity contribution in [2.75, 3.05) is 0 Å². The number of thiophene rings is 1. The Morgan fingerprint density at radius 1 is 1.21 bits per heavy atom. The number of nitrogens with zero attached hydrogens (tertiary/aromatic N) is 4. The second kappa shape index (κ2) is 6.71. The molecule has 142 valence electrons. The molecule has 3 aromatic heterocycles. The van der Waals surface area contributed by atoms with Crippen LogP contribution in [0.1, 0.15) is 41.6 Å². The molecular formula is C22H22N4OS. The van der Waals surface area contributed by atoms with E-state index in [1.54, 1.807) is 11.3 Å². The molecule has 0 saturated heterocycles. The third kappa shape index (κ3) is 2.79. The first-order valence-electron chi connectivity index (χ1n) is 9.73. The maximum atomic E-state index is 13.2. The Labute approximate surface area is 167 Å². The van der Waals surface area contributed by atoms with Crippen molar-refractivity contribution in [3.05, 3.63) is 74.8 Å². The van der Waals surface area contributed by atoms with Gasteiger partial charge in [0, 0.05) is 17.8 Å². The number of fused-ring (bicyclic) bond motifs is 5. The summed E-state index contributed by atoms with van der Waals surface area (Å²) >= 11 is 1.75. The van der Waals surface area contributed by atoms with Crippen LogP contribution >= 0.6 is 11.3 Å². The van der Waals surface area contributed by atoms with Gasteiger partial charge in [-0.25, -0.2) is 9.78 Å². The Morgan fingerprint density at radius 3 is 2.79 bits per heavy atom. The predicted octanol–water partition coefficient (Wildman–Crippen LogP) is 4.15. The quantitative estimate of drug-likeness (QED) is 0.492. The zero-order chi connectivity index (χ0) is 19.3. The number of rotatable bonds is 4. The maximum absolute atomic E-state index is 13.2. The van der Waals surface area contributed by atoms with Gasteiger partial charge in [-0.05, 0) is 43.7 Å². The van der Waals surface area contributed by atoms with Crippen LogP contribution in [0.5, 0.6) is 0 Å². The van der Waals surface area contributed by atoms with Crippen LogP contribution in [0, 0.1) is 0 Å². The van der Waals surface area contributed by atoms with Crippen molar-refractivity contribution in [1.82, 2.24) is 19.2 Å². The molecule has 0 atom stereocenters. The normalized spacial score (nSPS) is 13.9. The monoisotopic (exact) mass is 390 g/mol. The molecule has 0 aliphatic heterocycles. The van der Waals surface area contributed by atoms with E-state index in [1.807, 2.05) is 29.7 Å². The first-order chi connectivity index (χ1) is 13.6. The minimum Gasteiger partial charge on any atom is -0.279 e. The van der Waals surface area contributed by atoms with Crippen molar-refractivity contribution in [3.63, 3.8) is 0 Å². The van der Waals surface area contributed by atoms with E-state index in [0.29, 0.717) is 24.4 Å². The number of benzene rings is 1. The van der Waals surface area contributed by atoms with E-state index in [0.717, 1.165) is 34.2 Å². The molecule has 1 aromatic carbocycles. The maximum Gasteiger partial charge on any atom is 0.352 e. The summed E-state index contributed by atoms with van der Waals surface area (Å²) < 4.78 is 3.33. The third-order valence-corrected chi connectivity index (χ3v) is 6.63. The lowest BCUT2D eigenvalue weighted by Gasteiger charge is -2.11. The van der Waals surface area contributed by atoms with Crippen LogP contribution in [0.2, 0.25) is 0 Å². The SMILES string of the molecule is C=C(C)Cn1c(=O)n2nc(Cc3ccccc3)nc2c2c3c(sc21)CCCC3. The summed E-state index contributed by atoms with van der Waals surface area (Å²) in [5.74, 6) is 0.688. The largest absolute Gasteiger partial charge is 0.352 e. The molecule has 0 amide bonds. The summed E-state index contributed by atoms with van der Waals surface area (Å²) in [5.41, 5.74) is 4.05. The summed E-state index contributed by atoms with van der Waals surface area (Å²) in [6, 6.07) is 10.1. The molecule has 0 radical (unpaired) electrons. The van der Waals surface area contributed by atoms with Gasteiger partial charge in [-0.3, -0.25) is 4.57 Å². The number of aromatic nitrogens is 4. The van der Waals surface area contributed by atoms with E-state index < -0.39 is 0 Å². The van der Waals surface area contributed by atoms with Crippen LogP contribution in [-0.2, 0) is 25.8 Å². The minimum atomic E-state index is -0.129. The molecule has 1 aliphatic rings. The average molecular weight is 391 g/mol. The molecular weight excluding hydrogens is 368 g/mol. The topological polar surface area (TPSA) is 52.2 Å². The van der Waals surface area contributed by atoms with Crippen LogP contribution in [0.4, 0.5) is 0 Å². The average Bonchev–Trinajstić information content (AvgIpc) is 3.27. The number of aryl methyl sites for hydroxylation is 2. The highest BCUT2D eigenvalue weighted by atomic mass is 32.1. The molecule has 0 fully saturated rings. The molecule has 0 bridgehead atoms. The van der Waals surface area contributed by atoms with Gasteiger partial charge >= 0.3 is 5.69 Å². The lowest BCUT2D eigenvalue weighted by molar-refractivity contribution is 0.696. The lowest BCUT2D eigenvalue weighted by Crippen LogP contribution is -2.27. The zero-order valence-electron chi connectivity index (χ0n) is 15.9. The van der Waals surface area contributed by atoms with Crippen molar-refractivity contribution in [3.8, 4) is 0 Å². The fourth-order valence-electron chi connectivity index (χ4n) is 4.09. The second-order valence-corrected chi connectivity index (χ2v) is 8.73. The van der Waals surface area contributed by atoms with Crippen molar-refractivity contribution >= 4 is 27.2 Å². The molecule has 0 N–H and O–H groups in total. The van der Waals surface area contributed by atoms with E-state index in [-0.39, 0.29) is 5.69 Å². The Hall–Kier alpha value is -2.73. The Morgan fingerprint density at radius 2 is 2.00 bits per heavy atom. The van der Waals surface area contributed by atoms with E-state index in [1.165, 1.54) is 27.8 Å². The summed E-state index contributed by atoms with van der Waals surface area (Å²) in [4.78, 5) is 20.5. The Kier molecular flexibility index (Phi) is 4.16. The molecule has 5 rings (SSSR count). The summed E-state index contributed by atoms with van der Waals surface area (Å²) in [5, 5.41) is 5.72. The molecule has 0 unspecified atom stereocenters. The van der Waals surface area contributed by atoms with E-state index >= 15 is 0 Å². The van der Waals surface area contributed by atoms with Gasteiger partial charge in [0.1, 0.15) is 4.83 Å². The smallest absolute Gasteiger partial charge is 0.279 e. The van der Waals surface area contributed by atoms with Gasteiger partial charge in [0.15, 0.2) is 11.5 Å². The standard InChI is InChI=1S/C22H22N4OS/c1-14(2)13-25-21-19(16-10-6-7-11-17(16)28-21)20-23-18(24-26(20)22(25)27)12-15-8-4-3-5-9-15/h3-5,8-9H,1,6-7,10-13H2,2H3. The van der Waals surface area contributed by atoms with Crippen LogP contribution in [0.3, 0.4) is 0 Å². The first-order valence-corrected chi connectivity index (χ1v) is 10.5. The first kappa shape index (κ1) is 17.4. The molecule has 4 aromatic rings. The Balaban J connectivity index is 1.78. The number of hydrogen-bond donors (Lipinski definition) is 0. The Bertz CT molecular complexity index is 1260. The summed E-state index contributed by atoms with van der Waals surface area (Å²) in [6.45, 7) is 6.49. The van der Waals surface area contributed by atoms with Crippen LogP contribution in [-0.4, -0.2) is 19.2 Å². The van der Waals surface area contributed by atoms with Gasteiger partial charge in [0.2, 0.25) is 0 Å². The molecule has 0 saturated carbocycles. The van der Waals surface area contributed by atoms with Crippen molar-refractivity contribution in [1.29, 1.82) is 0 Å². The van der Waals surface area contributed by atoms with E-state index in [2.05, 4.69) is 23.8 Å². The van der Waals surface area contributed by atoms with Crippen molar-refractivity contribution in [2.45, 2.75) is 45.6 Å². The number of hydrogen-bond acceptors (Lipinski definition) is 4. The highest BCUT2D eigenvalue weighted by molar-refractivity contribution is 7.19. The van der Waals surface area contributed by atoms with Crippen LogP contribution < -0.4 is 5.69 Å². The van der Waals surface area contributed by atoms with Gasteiger partial charge in [0.25, 0.3) is 0 Å². The van der Waals surface area contributed by atoms with Gasteiger partial charge < -0.3 is 0 Å². The third-order valence-electron chi connectivity index (χ3n) is 5.32. The van der Waals surface area contributed by atoms with Crippen molar-refractivity contribution in [2.24, 2.45) is 0 Å². The van der Waals surface area contributed by atoms with Gasteiger partial charge in [-0.15, -0.1) is 16.4 Å². The second-order valence-electron chi connectivity index (χ2n) is 7.64. The van der Waals surface area contributed by atoms with E-state index in [4.69, 9.17) is 4.98 Å². The molecule has 6 heteroatoms.